The third kappa shape index (κ3) is 3.56. The van der Waals surface area contributed by atoms with Crippen LogP contribution in [0.5, 0.6) is 0 Å². The van der Waals surface area contributed by atoms with Crippen LogP contribution in [0, 0.1) is 11.3 Å². The molecule has 2 fully saturated rings. The van der Waals surface area contributed by atoms with E-state index in [2.05, 4.69) is 0 Å². The number of carbonyl (C=O) groups excluding carboxylic acids is 2. The SMILES string of the molecule is CC(C)(C)C(=O)N1CSCC1C(=O)N1CCC(C(=O)O)CC1. The molecule has 22 heavy (non-hydrogen) atoms. The summed E-state index contributed by atoms with van der Waals surface area (Å²) in [6, 6.07) is -0.405. The fourth-order valence-electron chi connectivity index (χ4n) is 2.84. The molecule has 6 nitrogen and oxygen atoms in total. The molecule has 0 saturated carbocycles. The van der Waals surface area contributed by atoms with Gasteiger partial charge in [0.05, 0.1) is 11.8 Å². The van der Waals surface area contributed by atoms with Crippen LogP contribution in [-0.4, -0.2) is 63.5 Å². The number of hydrogen-bond acceptors (Lipinski definition) is 4. The second-order valence-electron chi connectivity index (χ2n) is 6.98. The van der Waals surface area contributed by atoms with E-state index in [1.54, 1.807) is 21.6 Å². The van der Waals surface area contributed by atoms with Crippen LogP contribution in [-0.2, 0) is 14.4 Å². The highest BCUT2D eigenvalue weighted by atomic mass is 32.2. The van der Waals surface area contributed by atoms with Gasteiger partial charge in [0.25, 0.3) is 0 Å². The Bertz CT molecular complexity index is 467. The lowest BCUT2D eigenvalue weighted by molar-refractivity contribution is -0.150. The fourth-order valence-corrected chi connectivity index (χ4v) is 3.98. The lowest BCUT2D eigenvalue weighted by atomic mass is 9.94. The second kappa shape index (κ2) is 6.48. The van der Waals surface area contributed by atoms with E-state index in [0.717, 1.165) is 0 Å². The summed E-state index contributed by atoms with van der Waals surface area (Å²) in [4.78, 5) is 39.5. The molecule has 0 aliphatic carbocycles. The molecule has 2 aliphatic heterocycles. The lowest BCUT2D eigenvalue weighted by Gasteiger charge is -2.35. The zero-order valence-electron chi connectivity index (χ0n) is 13.4. The Morgan fingerprint density at radius 2 is 1.73 bits per heavy atom. The Morgan fingerprint density at radius 3 is 2.23 bits per heavy atom. The highest BCUT2D eigenvalue weighted by molar-refractivity contribution is 7.99. The maximum atomic E-state index is 12.7. The zero-order valence-corrected chi connectivity index (χ0v) is 14.2. The molecular weight excluding hydrogens is 304 g/mol. The van der Waals surface area contributed by atoms with E-state index in [1.165, 1.54) is 0 Å². The molecule has 7 heteroatoms. The summed E-state index contributed by atoms with van der Waals surface area (Å²) < 4.78 is 0. The zero-order chi connectivity index (χ0) is 16.5. The molecule has 2 rings (SSSR count). The van der Waals surface area contributed by atoms with Crippen molar-refractivity contribution in [3.05, 3.63) is 0 Å². The molecule has 0 aromatic heterocycles. The van der Waals surface area contributed by atoms with E-state index in [1.807, 2.05) is 20.8 Å². The third-order valence-corrected chi connectivity index (χ3v) is 5.24. The van der Waals surface area contributed by atoms with Crippen LogP contribution in [0.4, 0.5) is 0 Å². The molecule has 1 unspecified atom stereocenters. The van der Waals surface area contributed by atoms with Crippen molar-refractivity contribution in [3.63, 3.8) is 0 Å². The first kappa shape index (κ1) is 17.1. The van der Waals surface area contributed by atoms with Crippen LogP contribution in [0.1, 0.15) is 33.6 Å². The normalized spacial score (nSPS) is 23.7. The topological polar surface area (TPSA) is 77.9 Å². The monoisotopic (exact) mass is 328 g/mol. The van der Waals surface area contributed by atoms with Gasteiger partial charge in [-0.2, -0.15) is 0 Å². The van der Waals surface area contributed by atoms with Crippen molar-refractivity contribution < 1.29 is 19.5 Å². The number of likely N-dealkylation sites (tertiary alicyclic amines) is 1. The number of piperidine rings is 1. The molecule has 0 radical (unpaired) electrons. The summed E-state index contributed by atoms with van der Waals surface area (Å²) in [7, 11) is 0. The van der Waals surface area contributed by atoms with Crippen molar-refractivity contribution in [1.82, 2.24) is 9.80 Å². The van der Waals surface area contributed by atoms with Crippen molar-refractivity contribution in [2.75, 3.05) is 24.7 Å². The van der Waals surface area contributed by atoms with Gasteiger partial charge in [0, 0.05) is 24.3 Å². The number of aliphatic carboxylic acids is 1. The van der Waals surface area contributed by atoms with Gasteiger partial charge < -0.3 is 14.9 Å². The Kier molecular flexibility index (Phi) is 5.04. The minimum Gasteiger partial charge on any atom is -0.481 e. The number of hydrogen-bond donors (Lipinski definition) is 1. The van der Waals surface area contributed by atoms with Gasteiger partial charge >= 0.3 is 5.97 Å². The molecule has 1 atom stereocenters. The standard InChI is InChI=1S/C15H24N2O4S/c1-15(2,3)14(21)17-9-22-8-11(17)12(18)16-6-4-10(5-7-16)13(19)20/h10-11H,4-9H2,1-3H3,(H,19,20). The number of carboxylic acids is 1. The predicted molar refractivity (Wildman–Crippen MR) is 84.4 cm³/mol. The van der Waals surface area contributed by atoms with E-state index >= 15 is 0 Å². The Hall–Kier alpha value is -1.24. The molecule has 0 spiro atoms. The minimum atomic E-state index is -0.784. The first-order chi connectivity index (χ1) is 10.2. The van der Waals surface area contributed by atoms with Gasteiger partial charge in [-0.05, 0) is 12.8 Å². The van der Waals surface area contributed by atoms with Crippen LogP contribution in [0.15, 0.2) is 0 Å². The van der Waals surface area contributed by atoms with E-state index in [-0.39, 0.29) is 17.7 Å². The number of rotatable bonds is 2. The summed E-state index contributed by atoms with van der Waals surface area (Å²) in [5.41, 5.74) is -0.500. The van der Waals surface area contributed by atoms with E-state index in [9.17, 15) is 14.4 Å². The number of carbonyl (C=O) groups is 3. The van der Waals surface area contributed by atoms with Gasteiger partial charge in [-0.1, -0.05) is 20.8 Å². The maximum Gasteiger partial charge on any atom is 0.306 e. The summed E-state index contributed by atoms with van der Waals surface area (Å²) in [5.74, 6) is 0.00234. The lowest BCUT2D eigenvalue weighted by Crippen LogP contribution is -2.53. The fraction of sp³-hybridized carbons (Fsp3) is 0.800. The van der Waals surface area contributed by atoms with Crippen molar-refractivity contribution in [1.29, 1.82) is 0 Å². The van der Waals surface area contributed by atoms with Gasteiger partial charge in [0.2, 0.25) is 11.8 Å². The molecule has 2 heterocycles. The summed E-state index contributed by atoms with van der Waals surface area (Å²) in [6.07, 6.45) is 0.988. The predicted octanol–water partition coefficient (Wildman–Crippen LogP) is 1.26. The molecule has 124 valence electrons. The maximum absolute atomic E-state index is 12.7. The molecule has 0 bridgehead atoms. The summed E-state index contributed by atoms with van der Waals surface area (Å²) >= 11 is 1.60. The Labute approximate surface area is 135 Å². The average molecular weight is 328 g/mol. The third-order valence-electron chi connectivity index (χ3n) is 4.23. The first-order valence-corrected chi connectivity index (χ1v) is 8.77. The second-order valence-corrected chi connectivity index (χ2v) is 7.98. The summed E-state index contributed by atoms with van der Waals surface area (Å²) in [5, 5.41) is 9.02. The van der Waals surface area contributed by atoms with Gasteiger partial charge in [-0.25, -0.2) is 0 Å². The molecular formula is C15H24N2O4S. The summed E-state index contributed by atoms with van der Waals surface area (Å²) in [6.45, 7) is 6.51. The smallest absolute Gasteiger partial charge is 0.306 e. The number of thioether (sulfide) groups is 1. The molecule has 0 aromatic carbocycles. The molecule has 1 N–H and O–H groups in total. The number of nitrogens with zero attached hydrogens (tertiary/aromatic N) is 2. The van der Waals surface area contributed by atoms with E-state index < -0.39 is 17.4 Å². The first-order valence-electron chi connectivity index (χ1n) is 7.62. The highest BCUT2D eigenvalue weighted by Gasteiger charge is 2.41. The molecule has 2 amide bonds. The van der Waals surface area contributed by atoms with Crippen LogP contribution >= 0.6 is 11.8 Å². The highest BCUT2D eigenvalue weighted by Crippen LogP contribution is 2.29. The molecule has 0 aromatic rings. The van der Waals surface area contributed by atoms with Crippen LogP contribution in [0.2, 0.25) is 0 Å². The van der Waals surface area contributed by atoms with Gasteiger partial charge in [0.1, 0.15) is 6.04 Å². The largest absolute Gasteiger partial charge is 0.481 e. The Morgan fingerprint density at radius 1 is 1.14 bits per heavy atom. The van der Waals surface area contributed by atoms with E-state index in [0.29, 0.717) is 37.6 Å². The Balaban J connectivity index is 2.00. The van der Waals surface area contributed by atoms with Crippen molar-refractivity contribution in [2.24, 2.45) is 11.3 Å². The van der Waals surface area contributed by atoms with Crippen molar-refractivity contribution in [3.8, 4) is 0 Å². The van der Waals surface area contributed by atoms with Gasteiger partial charge in [-0.3, -0.25) is 14.4 Å². The minimum absolute atomic E-state index is 0.00345. The van der Waals surface area contributed by atoms with E-state index in [4.69, 9.17) is 5.11 Å². The molecule has 2 aliphatic rings. The molecule has 2 saturated heterocycles. The van der Waals surface area contributed by atoms with Gasteiger partial charge in [-0.15, -0.1) is 11.8 Å². The van der Waals surface area contributed by atoms with Crippen molar-refractivity contribution in [2.45, 2.75) is 39.7 Å². The number of carboxylic acid groups (broad SMARTS) is 1. The van der Waals surface area contributed by atoms with Crippen LogP contribution < -0.4 is 0 Å². The average Bonchev–Trinajstić information content (AvgIpc) is 2.93. The van der Waals surface area contributed by atoms with Crippen LogP contribution in [0.25, 0.3) is 0 Å². The number of amides is 2. The van der Waals surface area contributed by atoms with Crippen molar-refractivity contribution >= 4 is 29.5 Å². The van der Waals surface area contributed by atoms with Gasteiger partial charge in [0.15, 0.2) is 0 Å². The van der Waals surface area contributed by atoms with Crippen LogP contribution in [0.3, 0.4) is 0 Å². The quantitative estimate of drug-likeness (QED) is 0.825.